The lowest BCUT2D eigenvalue weighted by Gasteiger charge is -2.49. The van der Waals surface area contributed by atoms with Crippen molar-refractivity contribution in [3.63, 3.8) is 0 Å². The first-order chi connectivity index (χ1) is 8.45. The second-order valence-corrected chi connectivity index (χ2v) is 5.42. The minimum atomic E-state index is -0.362. The van der Waals surface area contributed by atoms with E-state index in [0.29, 0.717) is 24.1 Å². The highest BCUT2D eigenvalue weighted by Gasteiger charge is 2.46. The van der Waals surface area contributed by atoms with E-state index in [1.807, 2.05) is 19.9 Å². The Bertz CT molecular complexity index is 493. The standard InChI is InChI=1S/C14H17FN2O/c1-14(2)12(6-13(14)18)17-8-10-4-3-9(7-16)5-11(10)15/h3-5,12-13,17-18H,6,8H2,1-2H3. The van der Waals surface area contributed by atoms with Crippen molar-refractivity contribution >= 4 is 0 Å². The Morgan fingerprint density at radius 3 is 2.78 bits per heavy atom. The number of rotatable bonds is 3. The molecule has 2 N–H and O–H groups in total. The molecule has 0 saturated heterocycles. The zero-order valence-electron chi connectivity index (χ0n) is 10.6. The summed E-state index contributed by atoms with van der Waals surface area (Å²) in [5.41, 5.74) is 0.713. The molecule has 18 heavy (non-hydrogen) atoms. The maximum Gasteiger partial charge on any atom is 0.129 e. The molecule has 2 rings (SSSR count). The Kier molecular flexibility index (Phi) is 3.38. The van der Waals surface area contributed by atoms with E-state index in [1.165, 1.54) is 6.07 Å². The van der Waals surface area contributed by atoms with Gasteiger partial charge >= 0.3 is 0 Å². The van der Waals surface area contributed by atoms with Crippen LogP contribution in [-0.2, 0) is 6.54 Å². The number of halogens is 1. The second-order valence-electron chi connectivity index (χ2n) is 5.42. The number of benzene rings is 1. The fraction of sp³-hybridized carbons (Fsp3) is 0.500. The molecule has 0 radical (unpaired) electrons. The molecule has 1 fully saturated rings. The first-order valence-corrected chi connectivity index (χ1v) is 6.05. The van der Waals surface area contributed by atoms with Gasteiger partial charge in [0.15, 0.2) is 0 Å². The van der Waals surface area contributed by atoms with Crippen LogP contribution in [0.5, 0.6) is 0 Å². The molecule has 2 unspecified atom stereocenters. The van der Waals surface area contributed by atoms with Crippen LogP contribution in [-0.4, -0.2) is 17.3 Å². The van der Waals surface area contributed by atoms with Crippen molar-refractivity contribution in [1.29, 1.82) is 5.26 Å². The molecule has 0 heterocycles. The molecular weight excluding hydrogens is 231 g/mol. The summed E-state index contributed by atoms with van der Waals surface area (Å²) in [5.74, 6) is -0.362. The van der Waals surface area contributed by atoms with E-state index < -0.39 is 0 Å². The Morgan fingerprint density at radius 1 is 1.56 bits per heavy atom. The molecular formula is C14H17FN2O. The zero-order valence-corrected chi connectivity index (χ0v) is 10.6. The molecule has 1 aromatic rings. The Labute approximate surface area is 106 Å². The van der Waals surface area contributed by atoms with Crippen LogP contribution in [0, 0.1) is 22.6 Å². The van der Waals surface area contributed by atoms with Gasteiger partial charge < -0.3 is 10.4 Å². The van der Waals surface area contributed by atoms with Gasteiger partial charge in [-0.25, -0.2) is 4.39 Å². The van der Waals surface area contributed by atoms with E-state index in [-0.39, 0.29) is 23.4 Å². The van der Waals surface area contributed by atoms with E-state index in [1.54, 1.807) is 12.1 Å². The summed E-state index contributed by atoms with van der Waals surface area (Å²) < 4.78 is 13.6. The molecule has 0 bridgehead atoms. The molecule has 96 valence electrons. The highest BCUT2D eigenvalue weighted by molar-refractivity contribution is 5.32. The maximum atomic E-state index is 13.6. The Balaban J connectivity index is 1.98. The highest BCUT2D eigenvalue weighted by atomic mass is 19.1. The number of nitrogens with zero attached hydrogens (tertiary/aromatic N) is 1. The van der Waals surface area contributed by atoms with Crippen molar-refractivity contribution in [2.24, 2.45) is 5.41 Å². The molecule has 1 saturated carbocycles. The minimum Gasteiger partial charge on any atom is -0.392 e. The van der Waals surface area contributed by atoms with E-state index in [4.69, 9.17) is 5.26 Å². The summed E-state index contributed by atoms with van der Waals surface area (Å²) in [6, 6.07) is 6.59. The first-order valence-electron chi connectivity index (χ1n) is 6.05. The van der Waals surface area contributed by atoms with Crippen molar-refractivity contribution in [2.45, 2.75) is 39.0 Å². The summed E-state index contributed by atoms with van der Waals surface area (Å²) in [5, 5.41) is 21.5. The first kappa shape index (κ1) is 13.0. The van der Waals surface area contributed by atoms with E-state index in [9.17, 15) is 9.50 Å². The molecule has 1 aliphatic rings. The van der Waals surface area contributed by atoms with E-state index in [0.717, 1.165) is 0 Å². The summed E-state index contributed by atoms with van der Waals surface area (Å²) in [6.45, 7) is 4.40. The van der Waals surface area contributed by atoms with Gasteiger partial charge in [0.25, 0.3) is 0 Å². The SMILES string of the molecule is CC1(C)C(O)CC1NCc1ccc(C#N)cc1F. The third kappa shape index (κ3) is 2.24. The molecule has 2 atom stereocenters. The normalized spacial score (nSPS) is 25.3. The van der Waals surface area contributed by atoms with Crippen molar-refractivity contribution in [3.05, 3.63) is 35.1 Å². The molecule has 0 aromatic heterocycles. The van der Waals surface area contributed by atoms with Crippen molar-refractivity contribution in [2.75, 3.05) is 0 Å². The average Bonchev–Trinajstić information content (AvgIpc) is 2.35. The number of hydrogen-bond acceptors (Lipinski definition) is 3. The summed E-state index contributed by atoms with van der Waals surface area (Å²) in [7, 11) is 0. The van der Waals surface area contributed by atoms with Gasteiger partial charge in [0.2, 0.25) is 0 Å². The lowest BCUT2D eigenvalue weighted by atomic mass is 9.64. The quantitative estimate of drug-likeness (QED) is 0.859. The molecule has 4 heteroatoms. The molecule has 1 aliphatic carbocycles. The smallest absolute Gasteiger partial charge is 0.129 e. The number of aliphatic hydroxyl groups excluding tert-OH is 1. The second kappa shape index (κ2) is 4.68. The minimum absolute atomic E-state index is 0.164. The van der Waals surface area contributed by atoms with Crippen molar-refractivity contribution in [1.82, 2.24) is 5.32 Å². The van der Waals surface area contributed by atoms with Gasteiger partial charge in [0.1, 0.15) is 5.82 Å². The lowest BCUT2D eigenvalue weighted by Crippen LogP contribution is -2.59. The monoisotopic (exact) mass is 248 g/mol. The fourth-order valence-electron chi connectivity index (χ4n) is 2.24. The van der Waals surface area contributed by atoms with Gasteiger partial charge in [-0.3, -0.25) is 0 Å². The van der Waals surface area contributed by atoms with Crippen LogP contribution in [0.2, 0.25) is 0 Å². The van der Waals surface area contributed by atoms with Gasteiger partial charge in [-0.05, 0) is 18.6 Å². The van der Waals surface area contributed by atoms with E-state index >= 15 is 0 Å². The number of nitrogens with one attached hydrogen (secondary N) is 1. The number of aliphatic hydroxyl groups is 1. The maximum absolute atomic E-state index is 13.6. The Morgan fingerprint density at radius 2 is 2.28 bits per heavy atom. The molecule has 0 aliphatic heterocycles. The van der Waals surface area contributed by atoms with Crippen molar-refractivity contribution < 1.29 is 9.50 Å². The van der Waals surface area contributed by atoms with Crippen LogP contribution < -0.4 is 5.32 Å². The largest absolute Gasteiger partial charge is 0.392 e. The van der Waals surface area contributed by atoms with Crippen molar-refractivity contribution in [3.8, 4) is 6.07 Å². The average molecular weight is 248 g/mol. The molecule has 3 nitrogen and oxygen atoms in total. The van der Waals surface area contributed by atoms with Gasteiger partial charge in [0.05, 0.1) is 17.7 Å². The van der Waals surface area contributed by atoms with Gasteiger partial charge in [-0.15, -0.1) is 0 Å². The topological polar surface area (TPSA) is 56.0 Å². The molecule has 1 aromatic carbocycles. The highest BCUT2D eigenvalue weighted by Crippen LogP contribution is 2.40. The fourth-order valence-corrected chi connectivity index (χ4v) is 2.24. The number of nitriles is 1. The van der Waals surface area contributed by atoms with Crippen LogP contribution in [0.15, 0.2) is 18.2 Å². The summed E-state index contributed by atoms with van der Waals surface area (Å²) in [4.78, 5) is 0. The van der Waals surface area contributed by atoms with Crippen LogP contribution in [0.25, 0.3) is 0 Å². The molecule has 0 spiro atoms. The predicted octanol–water partition coefficient (Wildman–Crippen LogP) is 1.95. The van der Waals surface area contributed by atoms with Gasteiger partial charge in [-0.1, -0.05) is 19.9 Å². The number of hydrogen-bond donors (Lipinski definition) is 2. The van der Waals surface area contributed by atoms with Gasteiger partial charge in [-0.2, -0.15) is 5.26 Å². The van der Waals surface area contributed by atoms with Crippen LogP contribution in [0.4, 0.5) is 4.39 Å². The van der Waals surface area contributed by atoms with Crippen LogP contribution in [0.3, 0.4) is 0 Å². The molecule has 0 amide bonds. The van der Waals surface area contributed by atoms with Crippen LogP contribution >= 0.6 is 0 Å². The summed E-state index contributed by atoms with van der Waals surface area (Å²) in [6.07, 6.45) is 0.408. The Hall–Kier alpha value is -1.44. The predicted molar refractivity (Wildman–Crippen MR) is 66.1 cm³/mol. The third-order valence-corrected chi connectivity index (χ3v) is 3.94. The van der Waals surface area contributed by atoms with E-state index in [2.05, 4.69) is 5.32 Å². The third-order valence-electron chi connectivity index (χ3n) is 3.94. The zero-order chi connectivity index (χ0) is 13.3. The van der Waals surface area contributed by atoms with Gasteiger partial charge in [0, 0.05) is 23.6 Å². The van der Waals surface area contributed by atoms with Crippen LogP contribution in [0.1, 0.15) is 31.4 Å². The summed E-state index contributed by atoms with van der Waals surface area (Å²) >= 11 is 0. The lowest BCUT2D eigenvalue weighted by molar-refractivity contribution is -0.0730.